The van der Waals surface area contributed by atoms with Crippen molar-refractivity contribution in [3.8, 4) is 0 Å². The minimum Gasteiger partial charge on any atom is -0.367 e. The average Bonchev–Trinajstić information content (AvgIpc) is 2.69. The summed E-state index contributed by atoms with van der Waals surface area (Å²) in [5.41, 5.74) is 2.38. The molecule has 0 aromatic heterocycles. The average molecular weight is 387 g/mol. The number of Topliss-reactive ketones (excluding diaryl/α,β-unsaturated/α-hetero) is 1. The Bertz CT molecular complexity index is 739. The number of carbonyl (C=O) groups excluding carboxylic acids is 2. The van der Waals surface area contributed by atoms with Gasteiger partial charge in [0.15, 0.2) is 5.78 Å². The number of nitrogens with one attached hydrogen (secondary N) is 1. The molecule has 28 heavy (non-hydrogen) atoms. The molecular weight excluding hydrogens is 357 g/mol. The molecule has 3 rings (SSSR count). The Kier molecular flexibility index (Phi) is 7.20. The van der Waals surface area contributed by atoms with Crippen LogP contribution in [-0.4, -0.2) is 55.9 Å². The molecule has 152 valence electrons. The van der Waals surface area contributed by atoms with Crippen molar-refractivity contribution in [3.05, 3.63) is 41.2 Å². The summed E-state index contributed by atoms with van der Waals surface area (Å²) in [6.07, 6.45) is 8.16. The standard InChI is InChI=1S/C22H30FN3O2/c1-17(27)19-7-8-21(20(23)15-19)26-13-11-25(12-14-26)16-22(28)24-10-9-18-5-3-2-4-6-18/h5,7-8,15H,2-4,6,9-14,16H2,1H3,(H,24,28). The monoisotopic (exact) mass is 387 g/mol. The maximum atomic E-state index is 14.3. The molecule has 1 heterocycles. The number of hydrogen-bond acceptors (Lipinski definition) is 4. The Morgan fingerprint density at radius 2 is 1.93 bits per heavy atom. The number of halogens is 1. The molecule has 2 aliphatic rings. The van der Waals surface area contributed by atoms with E-state index in [1.54, 1.807) is 12.1 Å². The SMILES string of the molecule is CC(=O)c1ccc(N2CCN(CC(=O)NCCC3=CCCCC3)CC2)c(F)c1. The molecule has 5 nitrogen and oxygen atoms in total. The molecule has 0 atom stereocenters. The largest absolute Gasteiger partial charge is 0.367 e. The molecule has 0 radical (unpaired) electrons. The lowest BCUT2D eigenvalue weighted by molar-refractivity contribution is -0.122. The first-order valence-corrected chi connectivity index (χ1v) is 10.3. The third-order valence-corrected chi connectivity index (χ3v) is 5.59. The van der Waals surface area contributed by atoms with Crippen LogP contribution in [0.3, 0.4) is 0 Å². The van der Waals surface area contributed by atoms with Gasteiger partial charge >= 0.3 is 0 Å². The first-order valence-electron chi connectivity index (χ1n) is 10.3. The van der Waals surface area contributed by atoms with Crippen molar-refractivity contribution >= 4 is 17.4 Å². The second-order valence-electron chi connectivity index (χ2n) is 7.69. The maximum absolute atomic E-state index is 14.3. The zero-order chi connectivity index (χ0) is 19.9. The van der Waals surface area contributed by atoms with Crippen LogP contribution in [0.5, 0.6) is 0 Å². The number of allylic oxidation sites excluding steroid dienone is 1. The van der Waals surface area contributed by atoms with Crippen LogP contribution < -0.4 is 10.2 Å². The van der Waals surface area contributed by atoms with E-state index in [0.29, 0.717) is 50.5 Å². The molecule has 1 amide bonds. The van der Waals surface area contributed by atoms with Crippen LogP contribution in [0.2, 0.25) is 0 Å². The number of carbonyl (C=O) groups is 2. The fourth-order valence-corrected chi connectivity index (χ4v) is 3.88. The molecule has 1 saturated heterocycles. The number of rotatable bonds is 7. The summed E-state index contributed by atoms with van der Waals surface area (Å²) in [5, 5.41) is 3.02. The minimum atomic E-state index is -0.365. The summed E-state index contributed by atoms with van der Waals surface area (Å²) in [4.78, 5) is 27.6. The van der Waals surface area contributed by atoms with E-state index in [1.807, 2.05) is 4.90 Å². The second-order valence-corrected chi connectivity index (χ2v) is 7.69. The van der Waals surface area contributed by atoms with E-state index < -0.39 is 0 Å². The predicted molar refractivity (Wildman–Crippen MR) is 109 cm³/mol. The molecule has 0 bridgehead atoms. The lowest BCUT2D eigenvalue weighted by Gasteiger charge is -2.35. The molecule has 1 aliphatic heterocycles. The number of piperazine rings is 1. The minimum absolute atomic E-state index is 0.0573. The highest BCUT2D eigenvalue weighted by atomic mass is 19.1. The van der Waals surface area contributed by atoms with Crippen LogP contribution in [0.4, 0.5) is 10.1 Å². The van der Waals surface area contributed by atoms with Crippen molar-refractivity contribution in [3.63, 3.8) is 0 Å². The van der Waals surface area contributed by atoms with E-state index in [9.17, 15) is 14.0 Å². The van der Waals surface area contributed by atoms with Gasteiger partial charge in [-0.15, -0.1) is 0 Å². The van der Waals surface area contributed by atoms with Crippen molar-refractivity contribution in [1.82, 2.24) is 10.2 Å². The Morgan fingerprint density at radius 3 is 2.57 bits per heavy atom. The number of ketones is 1. The Morgan fingerprint density at radius 1 is 1.14 bits per heavy atom. The lowest BCUT2D eigenvalue weighted by atomic mass is 9.97. The highest BCUT2D eigenvalue weighted by Gasteiger charge is 2.21. The molecule has 1 N–H and O–H groups in total. The van der Waals surface area contributed by atoms with E-state index in [1.165, 1.54) is 44.2 Å². The van der Waals surface area contributed by atoms with E-state index in [4.69, 9.17) is 0 Å². The summed E-state index contributed by atoms with van der Waals surface area (Å²) < 4.78 is 14.3. The zero-order valence-electron chi connectivity index (χ0n) is 16.7. The molecule has 0 saturated carbocycles. The van der Waals surface area contributed by atoms with Crippen molar-refractivity contribution in [2.75, 3.05) is 44.2 Å². The summed E-state index contributed by atoms with van der Waals surface area (Å²) in [6, 6.07) is 4.65. The maximum Gasteiger partial charge on any atom is 0.234 e. The second kappa shape index (κ2) is 9.82. The summed E-state index contributed by atoms with van der Waals surface area (Å²) >= 11 is 0. The van der Waals surface area contributed by atoms with Crippen LogP contribution in [-0.2, 0) is 4.79 Å². The molecule has 6 heteroatoms. The van der Waals surface area contributed by atoms with Crippen molar-refractivity contribution in [2.24, 2.45) is 0 Å². The molecule has 1 aromatic carbocycles. The van der Waals surface area contributed by atoms with E-state index in [2.05, 4.69) is 16.3 Å². The van der Waals surface area contributed by atoms with Gasteiger partial charge in [-0.1, -0.05) is 11.6 Å². The van der Waals surface area contributed by atoms with Crippen molar-refractivity contribution in [1.29, 1.82) is 0 Å². The Hall–Kier alpha value is -2.21. The molecule has 1 aliphatic carbocycles. The predicted octanol–water partition coefficient (Wildman–Crippen LogP) is 3.16. The van der Waals surface area contributed by atoms with Crippen LogP contribution in [0.1, 0.15) is 49.4 Å². The number of anilines is 1. The van der Waals surface area contributed by atoms with Crippen LogP contribution in [0.15, 0.2) is 29.8 Å². The van der Waals surface area contributed by atoms with Gasteiger partial charge in [0.1, 0.15) is 5.82 Å². The van der Waals surface area contributed by atoms with Gasteiger partial charge in [-0.05, 0) is 57.2 Å². The van der Waals surface area contributed by atoms with E-state index in [0.717, 1.165) is 6.42 Å². The van der Waals surface area contributed by atoms with Crippen molar-refractivity contribution in [2.45, 2.75) is 39.0 Å². The van der Waals surface area contributed by atoms with Crippen molar-refractivity contribution < 1.29 is 14.0 Å². The van der Waals surface area contributed by atoms with E-state index in [-0.39, 0.29) is 17.5 Å². The van der Waals surface area contributed by atoms with Gasteiger partial charge in [-0.25, -0.2) is 4.39 Å². The fraction of sp³-hybridized carbons (Fsp3) is 0.545. The lowest BCUT2D eigenvalue weighted by Crippen LogP contribution is -2.49. The highest BCUT2D eigenvalue weighted by Crippen LogP contribution is 2.22. The molecule has 0 spiro atoms. The van der Waals surface area contributed by atoms with Gasteiger partial charge in [-0.2, -0.15) is 0 Å². The summed E-state index contributed by atoms with van der Waals surface area (Å²) in [6.45, 7) is 5.29. The zero-order valence-corrected chi connectivity index (χ0v) is 16.7. The summed E-state index contributed by atoms with van der Waals surface area (Å²) in [5.74, 6) is -0.446. The van der Waals surface area contributed by atoms with Gasteiger partial charge in [0.25, 0.3) is 0 Å². The summed E-state index contributed by atoms with van der Waals surface area (Å²) in [7, 11) is 0. The number of amides is 1. The fourth-order valence-electron chi connectivity index (χ4n) is 3.88. The molecule has 1 fully saturated rings. The van der Waals surface area contributed by atoms with Gasteiger partial charge < -0.3 is 10.2 Å². The first kappa shape index (κ1) is 20.5. The van der Waals surface area contributed by atoms with Gasteiger partial charge in [-0.3, -0.25) is 14.5 Å². The number of hydrogen-bond donors (Lipinski definition) is 1. The molecule has 0 unspecified atom stereocenters. The number of nitrogens with zero attached hydrogens (tertiary/aromatic N) is 2. The first-order chi connectivity index (χ1) is 13.5. The molecule has 1 aromatic rings. The Labute approximate surface area is 166 Å². The van der Waals surface area contributed by atoms with Gasteiger partial charge in [0.2, 0.25) is 5.91 Å². The highest BCUT2D eigenvalue weighted by molar-refractivity contribution is 5.94. The topological polar surface area (TPSA) is 52.7 Å². The van der Waals surface area contributed by atoms with Crippen LogP contribution in [0, 0.1) is 5.82 Å². The van der Waals surface area contributed by atoms with Crippen LogP contribution in [0.25, 0.3) is 0 Å². The Balaban J connectivity index is 1.40. The normalized spacial score (nSPS) is 17.9. The molecular formula is C22H30FN3O2. The third-order valence-electron chi connectivity index (χ3n) is 5.59. The quantitative estimate of drug-likeness (QED) is 0.577. The van der Waals surface area contributed by atoms with Gasteiger partial charge in [0.05, 0.1) is 12.2 Å². The number of benzene rings is 1. The van der Waals surface area contributed by atoms with Gasteiger partial charge in [0, 0.05) is 38.3 Å². The third kappa shape index (κ3) is 5.64. The van der Waals surface area contributed by atoms with Crippen LogP contribution >= 0.6 is 0 Å². The van der Waals surface area contributed by atoms with E-state index >= 15 is 0 Å². The smallest absolute Gasteiger partial charge is 0.234 e.